The fourth-order valence-electron chi connectivity index (χ4n) is 1.00. The van der Waals surface area contributed by atoms with Crippen molar-refractivity contribution in [1.29, 1.82) is 0 Å². The van der Waals surface area contributed by atoms with Gasteiger partial charge in [-0.1, -0.05) is 30.3 Å². The van der Waals surface area contributed by atoms with Crippen LogP contribution in [-0.4, -0.2) is 14.1 Å². The van der Waals surface area contributed by atoms with Crippen LogP contribution in [0.2, 0.25) is 0 Å². The molecule has 1 aromatic carbocycles. The SMILES string of the molecule is C[NH+](C)Cc1ccccc1.[H-]. The molecular weight excluding hydrogens is 122 g/mol. The molecule has 0 heterocycles. The predicted molar refractivity (Wildman–Crippen MR) is 44.1 cm³/mol. The lowest BCUT2D eigenvalue weighted by Crippen LogP contribution is -3.04. The predicted octanol–water partition coefficient (Wildman–Crippen LogP) is 0.444. The Morgan fingerprint density at radius 3 is 2.30 bits per heavy atom. The maximum atomic E-state index is 2.16. The third-order valence-corrected chi connectivity index (χ3v) is 1.40. The minimum atomic E-state index is 0. The second kappa shape index (κ2) is 3.37. The van der Waals surface area contributed by atoms with Gasteiger partial charge in [-0.15, -0.1) is 0 Å². The largest absolute Gasteiger partial charge is 1.00 e. The minimum absolute atomic E-state index is 0. The molecule has 0 spiro atoms. The highest BCUT2D eigenvalue weighted by Gasteiger charge is 1.93. The molecule has 0 aliphatic carbocycles. The number of hydrogen-bond donors (Lipinski definition) is 1. The molecule has 0 saturated carbocycles. The van der Waals surface area contributed by atoms with E-state index in [1.165, 1.54) is 10.5 Å². The molecule has 0 fully saturated rings. The van der Waals surface area contributed by atoms with Crippen LogP contribution in [0.5, 0.6) is 0 Å². The van der Waals surface area contributed by atoms with Gasteiger partial charge in [-0.25, -0.2) is 0 Å². The van der Waals surface area contributed by atoms with Crippen LogP contribution in [0.25, 0.3) is 0 Å². The van der Waals surface area contributed by atoms with E-state index >= 15 is 0 Å². The van der Waals surface area contributed by atoms with Crippen LogP contribution in [0.1, 0.15) is 6.99 Å². The summed E-state index contributed by atoms with van der Waals surface area (Å²) in [5.41, 5.74) is 1.41. The summed E-state index contributed by atoms with van der Waals surface area (Å²) >= 11 is 0. The molecular formula is C9H15N. The molecule has 0 amide bonds. The van der Waals surface area contributed by atoms with Crippen molar-refractivity contribution >= 4 is 0 Å². The van der Waals surface area contributed by atoms with Crippen LogP contribution in [-0.2, 0) is 6.54 Å². The third kappa shape index (κ3) is 2.19. The lowest BCUT2D eigenvalue weighted by molar-refractivity contribution is -0.872. The zero-order valence-corrected chi connectivity index (χ0v) is 6.59. The van der Waals surface area contributed by atoms with Gasteiger partial charge in [0.05, 0.1) is 14.1 Å². The molecule has 56 valence electrons. The highest BCUT2D eigenvalue weighted by Crippen LogP contribution is 1.94. The molecule has 1 N–H and O–H groups in total. The second-order valence-electron chi connectivity index (χ2n) is 2.87. The van der Waals surface area contributed by atoms with Gasteiger partial charge in [0.15, 0.2) is 0 Å². The normalized spacial score (nSPS) is 10.3. The molecule has 1 aromatic rings. The Balaban J connectivity index is 0.000001000. The molecule has 10 heavy (non-hydrogen) atoms. The number of benzene rings is 1. The standard InChI is InChI=1S/C9H13N.H/c1-10(2)8-9-6-4-3-5-7-9;/h3-7H,8H2,1-2H3;/q;-1/p+1. The van der Waals surface area contributed by atoms with Crippen molar-refractivity contribution in [3.8, 4) is 0 Å². The number of nitrogens with one attached hydrogen (secondary N) is 1. The van der Waals surface area contributed by atoms with Gasteiger partial charge in [-0.3, -0.25) is 0 Å². The summed E-state index contributed by atoms with van der Waals surface area (Å²) in [6.45, 7) is 1.11. The second-order valence-corrected chi connectivity index (χ2v) is 2.87. The van der Waals surface area contributed by atoms with Gasteiger partial charge in [0.1, 0.15) is 6.54 Å². The number of hydrogen-bond acceptors (Lipinski definition) is 0. The van der Waals surface area contributed by atoms with Gasteiger partial charge < -0.3 is 6.33 Å². The van der Waals surface area contributed by atoms with Crippen molar-refractivity contribution < 1.29 is 6.33 Å². The average Bonchev–Trinajstić information content (AvgIpc) is 1.88. The Morgan fingerprint density at radius 1 is 1.20 bits per heavy atom. The van der Waals surface area contributed by atoms with Gasteiger partial charge in [-0.2, -0.15) is 0 Å². The molecule has 0 aliphatic heterocycles. The molecule has 0 saturated heterocycles. The van der Waals surface area contributed by atoms with E-state index in [1.54, 1.807) is 0 Å². The van der Waals surface area contributed by atoms with E-state index in [1.807, 2.05) is 0 Å². The molecule has 0 aromatic heterocycles. The van der Waals surface area contributed by atoms with E-state index in [0.717, 1.165) is 6.54 Å². The summed E-state index contributed by atoms with van der Waals surface area (Å²) in [6.07, 6.45) is 0. The van der Waals surface area contributed by atoms with Gasteiger partial charge >= 0.3 is 0 Å². The zero-order valence-electron chi connectivity index (χ0n) is 7.59. The molecule has 0 atom stereocenters. The van der Waals surface area contributed by atoms with Crippen molar-refractivity contribution in [2.75, 3.05) is 14.1 Å². The monoisotopic (exact) mass is 137 g/mol. The van der Waals surface area contributed by atoms with E-state index in [-0.39, 0.29) is 1.43 Å². The Kier molecular flexibility index (Phi) is 2.46. The Hall–Kier alpha value is -0.820. The van der Waals surface area contributed by atoms with Crippen molar-refractivity contribution in [3.05, 3.63) is 35.9 Å². The van der Waals surface area contributed by atoms with Crippen molar-refractivity contribution in [1.82, 2.24) is 0 Å². The van der Waals surface area contributed by atoms with Crippen LogP contribution < -0.4 is 4.90 Å². The lowest BCUT2D eigenvalue weighted by Gasteiger charge is -2.05. The first kappa shape index (κ1) is 7.29. The molecule has 1 heteroatoms. The fraction of sp³-hybridized carbons (Fsp3) is 0.333. The number of rotatable bonds is 2. The summed E-state index contributed by atoms with van der Waals surface area (Å²) < 4.78 is 0. The van der Waals surface area contributed by atoms with Crippen LogP contribution in [0, 0.1) is 0 Å². The fourth-order valence-corrected chi connectivity index (χ4v) is 1.00. The van der Waals surface area contributed by atoms with Crippen LogP contribution in [0.15, 0.2) is 30.3 Å². The van der Waals surface area contributed by atoms with Crippen molar-refractivity contribution in [2.24, 2.45) is 0 Å². The van der Waals surface area contributed by atoms with Crippen LogP contribution in [0.3, 0.4) is 0 Å². The molecule has 0 aliphatic rings. The topological polar surface area (TPSA) is 4.44 Å². The summed E-state index contributed by atoms with van der Waals surface area (Å²) in [7, 11) is 4.32. The highest BCUT2D eigenvalue weighted by molar-refractivity contribution is 5.12. The Labute approximate surface area is 63.8 Å². The minimum Gasteiger partial charge on any atom is -1.00 e. The van der Waals surface area contributed by atoms with Crippen LogP contribution in [0.4, 0.5) is 0 Å². The lowest BCUT2D eigenvalue weighted by atomic mass is 10.2. The maximum Gasteiger partial charge on any atom is 0.102 e. The molecule has 0 bridgehead atoms. The quantitative estimate of drug-likeness (QED) is 0.603. The highest BCUT2D eigenvalue weighted by atomic mass is 15.0. The molecule has 0 radical (unpaired) electrons. The summed E-state index contributed by atoms with van der Waals surface area (Å²) in [5.74, 6) is 0. The van der Waals surface area contributed by atoms with Crippen LogP contribution >= 0.6 is 0 Å². The maximum absolute atomic E-state index is 2.16. The van der Waals surface area contributed by atoms with E-state index in [0.29, 0.717) is 0 Å². The van der Waals surface area contributed by atoms with Gasteiger partial charge in [0.2, 0.25) is 0 Å². The molecule has 1 nitrogen and oxygen atoms in total. The van der Waals surface area contributed by atoms with Crippen molar-refractivity contribution in [2.45, 2.75) is 6.54 Å². The van der Waals surface area contributed by atoms with E-state index in [4.69, 9.17) is 0 Å². The molecule has 1 rings (SSSR count). The molecule has 0 unspecified atom stereocenters. The van der Waals surface area contributed by atoms with E-state index < -0.39 is 0 Å². The summed E-state index contributed by atoms with van der Waals surface area (Å²) in [4.78, 5) is 1.46. The first-order chi connectivity index (χ1) is 4.79. The summed E-state index contributed by atoms with van der Waals surface area (Å²) in [6, 6.07) is 10.5. The zero-order chi connectivity index (χ0) is 7.40. The van der Waals surface area contributed by atoms with Gasteiger partial charge in [0.25, 0.3) is 0 Å². The Bertz CT molecular complexity index is 184. The number of quaternary nitrogens is 1. The Morgan fingerprint density at radius 2 is 1.80 bits per heavy atom. The van der Waals surface area contributed by atoms with Gasteiger partial charge in [-0.05, 0) is 0 Å². The smallest absolute Gasteiger partial charge is 0.102 e. The van der Waals surface area contributed by atoms with Crippen molar-refractivity contribution in [3.63, 3.8) is 0 Å². The first-order valence-corrected chi connectivity index (χ1v) is 3.62. The van der Waals surface area contributed by atoms with E-state index in [9.17, 15) is 0 Å². The van der Waals surface area contributed by atoms with E-state index in [2.05, 4.69) is 44.4 Å². The van der Waals surface area contributed by atoms with Gasteiger partial charge in [0, 0.05) is 5.56 Å². The average molecular weight is 137 g/mol. The third-order valence-electron chi connectivity index (χ3n) is 1.40. The first-order valence-electron chi connectivity index (χ1n) is 3.62. The summed E-state index contributed by atoms with van der Waals surface area (Å²) in [5, 5.41) is 0.